The highest BCUT2D eigenvalue weighted by Crippen LogP contribution is 2.12. The highest BCUT2D eigenvalue weighted by molar-refractivity contribution is 5.94. The van der Waals surface area contributed by atoms with E-state index in [2.05, 4.69) is 15.5 Å². The Morgan fingerprint density at radius 3 is 2.61 bits per heavy atom. The van der Waals surface area contributed by atoms with Crippen molar-refractivity contribution < 1.29 is 19.1 Å². The highest BCUT2D eigenvalue weighted by Gasteiger charge is 2.10. The van der Waals surface area contributed by atoms with Crippen LogP contribution in [0.5, 0.6) is 5.75 Å². The lowest BCUT2D eigenvalue weighted by Gasteiger charge is -2.07. The van der Waals surface area contributed by atoms with E-state index in [4.69, 9.17) is 9.47 Å². The first-order valence-corrected chi connectivity index (χ1v) is 7.24. The zero-order valence-corrected chi connectivity index (χ0v) is 13.1. The van der Waals surface area contributed by atoms with E-state index < -0.39 is 5.97 Å². The second-order valence-electron chi connectivity index (χ2n) is 4.85. The number of rotatable bonds is 8. The van der Waals surface area contributed by atoms with Gasteiger partial charge in [0, 0.05) is 12.1 Å². The second-order valence-corrected chi connectivity index (χ2v) is 4.85. The summed E-state index contributed by atoms with van der Waals surface area (Å²) >= 11 is 0. The van der Waals surface area contributed by atoms with Crippen LogP contribution in [0.2, 0.25) is 0 Å². The Balaban J connectivity index is 1.78. The van der Waals surface area contributed by atoms with Gasteiger partial charge in [0.25, 0.3) is 0 Å². The van der Waals surface area contributed by atoms with Gasteiger partial charge in [-0.3, -0.25) is 4.79 Å². The maximum Gasteiger partial charge on any atom is 0.344 e. The monoisotopic (exact) mass is 318 g/mol. The molecule has 1 heterocycles. The van der Waals surface area contributed by atoms with Gasteiger partial charge >= 0.3 is 5.97 Å². The van der Waals surface area contributed by atoms with Crippen LogP contribution in [0.1, 0.15) is 36.5 Å². The van der Waals surface area contributed by atoms with Gasteiger partial charge in [0.05, 0.1) is 0 Å². The maximum atomic E-state index is 11.7. The minimum atomic E-state index is -0.522. The fraction of sp³-hybridized carbons (Fsp3) is 0.400. The SMILES string of the molecule is CCCn1nnnc1COC(=O)COc1ccc(C(C)=O)cc1. The van der Waals surface area contributed by atoms with Crippen molar-refractivity contribution in [2.75, 3.05) is 6.61 Å². The third kappa shape index (κ3) is 4.87. The number of carbonyl (C=O) groups is 2. The molecule has 0 spiro atoms. The Labute approximate surface area is 133 Å². The first-order valence-electron chi connectivity index (χ1n) is 7.24. The fourth-order valence-corrected chi connectivity index (χ4v) is 1.83. The zero-order valence-electron chi connectivity index (χ0n) is 13.1. The minimum Gasteiger partial charge on any atom is -0.482 e. The summed E-state index contributed by atoms with van der Waals surface area (Å²) in [7, 11) is 0. The van der Waals surface area contributed by atoms with Crippen LogP contribution in [0, 0.1) is 0 Å². The Morgan fingerprint density at radius 1 is 1.22 bits per heavy atom. The number of esters is 1. The van der Waals surface area contributed by atoms with Gasteiger partial charge in [-0.15, -0.1) is 5.10 Å². The van der Waals surface area contributed by atoms with Crippen LogP contribution in [0.25, 0.3) is 0 Å². The first kappa shape index (κ1) is 16.6. The van der Waals surface area contributed by atoms with E-state index in [0.29, 0.717) is 23.7 Å². The van der Waals surface area contributed by atoms with Crippen LogP contribution >= 0.6 is 0 Å². The van der Waals surface area contributed by atoms with Gasteiger partial charge in [-0.25, -0.2) is 9.48 Å². The molecule has 122 valence electrons. The van der Waals surface area contributed by atoms with Gasteiger partial charge in [0.1, 0.15) is 5.75 Å². The highest BCUT2D eigenvalue weighted by atomic mass is 16.6. The van der Waals surface area contributed by atoms with Crippen molar-refractivity contribution >= 4 is 11.8 Å². The standard InChI is InChI=1S/C15H18N4O4/c1-3-8-19-14(16-17-18-19)9-23-15(21)10-22-13-6-4-12(5-7-13)11(2)20/h4-7H,3,8-10H2,1-2H3. The maximum absolute atomic E-state index is 11.7. The molecule has 0 fully saturated rings. The largest absolute Gasteiger partial charge is 0.482 e. The molecule has 0 aliphatic rings. The third-order valence-corrected chi connectivity index (χ3v) is 3.02. The van der Waals surface area contributed by atoms with Gasteiger partial charge in [0.2, 0.25) is 0 Å². The molecule has 0 radical (unpaired) electrons. The smallest absolute Gasteiger partial charge is 0.344 e. The van der Waals surface area contributed by atoms with Crippen LogP contribution in [0.4, 0.5) is 0 Å². The number of nitrogens with zero attached hydrogens (tertiary/aromatic N) is 4. The van der Waals surface area contributed by atoms with Crippen molar-refractivity contribution in [2.24, 2.45) is 0 Å². The lowest BCUT2D eigenvalue weighted by Crippen LogP contribution is -2.16. The molecular formula is C15H18N4O4. The molecule has 0 aliphatic carbocycles. The molecule has 2 aromatic rings. The Morgan fingerprint density at radius 2 is 1.96 bits per heavy atom. The molecule has 8 heteroatoms. The molecule has 0 unspecified atom stereocenters. The number of ether oxygens (including phenoxy) is 2. The molecule has 23 heavy (non-hydrogen) atoms. The average Bonchev–Trinajstić information content (AvgIpc) is 2.99. The summed E-state index contributed by atoms with van der Waals surface area (Å²) in [6.45, 7) is 3.92. The van der Waals surface area contributed by atoms with Gasteiger partial charge in [-0.2, -0.15) is 0 Å². The quantitative estimate of drug-likeness (QED) is 0.536. The van der Waals surface area contributed by atoms with Crippen LogP contribution < -0.4 is 4.74 Å². The Hall–Kier alpha value is -2.77. The predicted octanol–water partition coefficient (Wildman–Crippen LogP) is 1.41. The summed E-state index contributed by atoms with van der Waals surface area (Å²) in [6, 6.07) is 6.54. The summed E-state index contributed by atoms with van der Waals surface area (Å²) in [4.78, 5) is 22.8. The normalized spacial score (nSPS) is 10.3. The van der Waals surface area contributed by atoms with E-state index in [1.807, 2.05) is 6.92 Å². The molecule has 1 aromatic carbocycles. The van der Waals surface area contributed by atoms with Gasteiger partial charge in [-0.05, 0) is 48.0 Å². The second kappa shape index (κ2) is 8.02. The molecule has 0 N–H and O–H groups in total. The first-order chi connectivity index (χ1) is 11.1. The number of tetrazole rings is 1. The molecule has 1 aromatic heterocycles. The van der Waals surface area contributed by atoms with E-state index in [9.17, 15) is 9.59 Å². The topological polar surface area (TPSA) is 96.2 Å². The Bertz CT molecular complexity index is 666. The molecule has 2 rings (SSSR count). The van der Waals surface area contributed by atoms with E-state index in [1.54, 1.807) is 28.9 Å². The molecule has 0 atom stereocenters. The van der Waals surface area contributed by atoms with E-state index in [-0.39, 0.29) is 19.0 Å². The number of ketones is 1. The Kier molecular flexibility index (Phi) is 5.79. The lowest BCUT2D eigenvalue weighted by molar-refractivity contribution is -0.147. The molecule has 0 bridgehead atoms. The summed E-state index contributed by atoms with van der Waals surface area (Å²) < 4.78 is 12.0. The average molecular weight is 318 g/mol. The number of hydrogen-bond acceptors (Lipinski definition) is 7. The van der Waals surface area contributed by atoms with Crippen molar-refractivity contribution in [3.63, 3.8) is 0 Å². The summed E-state index contributed by atoms with van der Waals surface area (Å²) in [5, 5.41) is 11.2. The molecule has 0 aliphatic heterocycles. The van der Waals surface area contributed by atoms with Gasteiger partial charge in [0.15, 0.2) is 24.8 Å². The number of aromatic nitrogens is 4. The van der Waals surface area contributed by atoms with Crippen molar-refractivity contribution in [2.45, 2.75) is 33.4 Å². The number of hydrogen-bond donors (Lipinski definition) is 0. The molecular weight excluding hydrogens is 300 g/mol. The van der Waals surface area contributed by atoms with Gasteiger partial charge in [-0.1, -0.05) is 6.92 Å². The van der Waals surface area contributed by atoms with Crippen molar-refractivity contribution in [1.82, 2.24) is 20.2 Å². The summed E-state index contributed by atoms with van der Waals surface area (Å²) in [6.07, 6.45) is 0.880. The van der Waals surface area contributed by atoms with Crippen LogP contribution in [-0.2, 0) is 22.7 Å². The summed E-state index contributed by atoms with van der Waals surface area (Å²) in [5.74, 6) is 0.432. The fourth-order valence-electron chi connectivity index (χ4n) is 1.83. The van der Waals surface area contributed by atoms with Crippen LogP contribution in [0.3, 0.4) is 0 Å². The van der Waals surface area contributed by atoms with E-state index in [1.165, 1.54) is 6.92 Å². The predicted molar refractivity (Wildman–Crippen MR) is 79.8 cm³/mol. The molecule has 8 nitrogen and oxygen atoms in total. The third-order valence-electron chi connectivity index (χ3n) is 3.02. The number of benzene rings is 1. The van der Waals surface area contributed by atoms with Crippen molar-refractivity contribution in [1.29, 1.82) is 0 Å². The number of Topliss-reactive ketones (excluding diaryl/α,β-unsaturated/α-hetero) is 1. The number of carbonyl (C=O) groups excluding carboxylic acids is 2. The molecule has 0 saturated carbocycles. The molecule has 0 amide bonds. The lowest BCUT2D eigenvalue weighted by atomic mass is 10.1. The van der Waals surface area contributed by atoms with Crippen LogP contribution in [0.15, 0.2) is 24.3 Å². The van der Waals surface area contributed by atoms with Crippen molar-refractivity contribution in [3.8, 4) is 5.75 Å². The number of aryl methyl sites for hydroxylation is 1. The van der Waals surface area contributed by atoms with Crippen molar-refractivity contribution in [3.05, 3.63) is 35.7 Å². The van der Waals surface area contributed by atoms with Crippen LogP contribution in [-0.4, -0.2) is 38.6 Å². The van der Waals surface area contributed by atoms with E-state index in [0.717, 1.165) is 6.42 Å². The van der Waals surface area contributed by atoms with E-state index >= 15 is 0 Å². The summed E-state index contributed by atoms with van der Waals surface area (Å²) in [5.41, 5.74) is 0.586. The molecule has 0 saturated heterocycles. The van der Waals surface area contributed by atoms with Gasteiger partial charge < -0.3 is 9.47 Å². The minimum absolute atomic E-state index is 0.00152. The zero-order chi connectivity index (χ0) is 16.7.